The summed E-state index contributed by atoms with van der Waals surface area (Å²) in [6, 6.07) is 10.1. The molecule has 0 aliphatic carbocycles. The summed E-state index contributed by atoms with van der Waals surface area (Å²) in [5, 5.41) is 1.14. The summed E-state index contributed by atoms with van der Waals surface area (Å²) in [6.07, 6.45) is 2.86. The van der Waals surface area contributed by atoms with Gasteiger partial charge in [0.25, 0.3) is 0 Å². The van der Waals surface area contributed by atoms with Crippen molar-refractivity contribution in [2.24, 2.45) is 5.73 Å². The minimum Gasteiger partial charge on any atom is -0.497 e. The third-order valence-electron chi connectivity index (χ3n) is 3.09. The molecule has 0 unspecified atom stereocenters. The third-order valence-corrected chi connectivity index (χ3v) is 3.09. The van der Waals surface area contributed by atoms with Crippen LogP contribution in [0, 0.1) is 0 Å². The summed E-state index contributed by atoms with van der Waals surface area (Å²) in [5.74, 6) is 0.865. The van der Waals surface area contributed by atoms with E-state index in [1.165, 1.54) is 0 Å². The Balaban J connectivity index is 2.24. The topological polar surface area (TPSA) is 52.5 Å². The predicted molar refractivity (Wildman–Crippen MR) is 72.0 cm³/mol. The first-order valence-corrected chi connectivity index (χ1v) is 5.96. The fourth-order valence-electron chi connectivity index (χ4n) is 2.20. The molecule has 4 nitrogen and oxygen atoms in total. The van der Waals surface area contributed by atoms with E-state index < -0.39 is 0 Å². The molecule has 0 saturated carbocycles. The number of pyridine rings is 1. The van der Waals surface area contributed by atoms with Gasteiger partial charge >= 0.3 is 0 Å². The number of ether oxygens (including phenoxy) is 1. The normalized spacial score (nSPS) is 11.2. The van der Waals surface area contributed by atoms with Crippen LogP contribution in [-0.2, 0) is 6.42 Å². The maximum atomic E-state index is 5.57. The maximum absolute atomic E-state index is 5.57. The van der Waals surface area contributed by atoms with Gasteiger partial charge in [-0.1, -0.05) is 0 Å². The number of rotatable bonds is 3. The zero-order valence-corrected chi connectivity index (χ0v) is 10.3. The van der Waals surface area contributed by atoms with E-state index in [0.717, 1.165) is 34.4 Å². The lowest BCUT2D eigenvalue weighted by molar-refractivity contribution is 0.415. The van der Waals surface area contributed by atoms with Crippen LogP contribution in [0.15, 0.2) is 36.5 Å². The first-order valence-electron chi connectivity index (χ1n) is 5.96. The van der Waals surface area contributed by atoms with E-state index in [1.807, 2.05) is 18.2 Å². The highest BCUT2D eigenvalue weighted by atomic mass is 16.5. The lowest BCUT2D eigenvalue weighted by Crippen LogP contribution is -2.02. The Kier molecular flexibility index (Phi) is 2.64. The van der Waals surface area contributed by atoms with Crippen LogP contribution in [0.3, 0.4) is 0 Å². The zero-order valence-electron chi connectivity index (χ0n) is 10.3. The number of hydrogen-bond donors (Lipinski definition) is 1. The molecule has 0 spiro atoms. The van der Waals surface area contributed by atoms with Crippen LogP contribution in [-0.4, -0.2) is 23.0 Å². The Labute approximate surface area is 105 Å². The second-order valence-electron chi connectivity index (χ2n) is 4.26. The molecular weight excluding hydrogens is 226 g/mol. The number of nitrogens with two attached hydrogens (primary N) is 1. The van der Waals surface area contributed by atoms with Gasteiger partial charge in [-0.3, -0.25) is 4.40 Å². The summed E-state index contributed by atoms with van der Waals surface area (Å²) in [6.45, 7) is 0.621. The average Bonchev–Trinajstić information content (AvgIpc) is 2.81. The Bertz CT molecular complexity index is 703. The molecule has 92 valence electrons. The lowest BCUT2D eigenvalue weighted by Gasteiger charge is -2.04. The van der Waals surface area contributed by atoms with E-state index in [1.54, 1.807) is 7.11 Å². The number of hydrogen-bond acceptors (Lipinski definition) is 3. The molecule has 0 aliphatic rings. The first kappa shape index (κ1) is 11.0. The zero-order chi connectivity index (χ0) is 12.5. The largest absolute Gasteiger partial charge is 0.497 e. The highest BCUT2D eigenvalue weighted by Crippen LogP contribution is 2.22. The second kappa shape index (κ2) is 4.31. The van der Waals surface area contributed by atoms with Gasteiger partial charge in [-0.2, -0.15) is 0 Å². The van der Waals surface area contributed by atoms with Gasteiger partial charge in [0.2, 0.25) is 0 Å². The van der Waals surface area contributed by atoms with Gasteiger partial charge < -0.3 is 10.5 Å². The van der Waals surface area contributed by atoms with Gasteiger partial charge in [0.15, 0.2) is 0 Å². The summed E-state index contributed by atoms with van der Waals surface area (Å²) in [7, 11) is 1.68. The van der Waals surface area contributed by atoms with Crippen molar-refractivity contribution in [3.63, 3.8) is 0 Å². The van der Waals surface area contributed by atoms with Gasteiger partial charge in [-0.15, -0.1) is 0 Å². The number of aromatic nitrogens is 2. The molecule has 0 atom stereocenters. The Hall–Kier alpha value is -2.07. The smallest absolute Gasteiger partial charge is 0.137 e. The van der Waals surface area contributed by atoms with Gasteiger partial charge in [-0.25, -0.2) is 4.98 Å². The van der Waals surface area contributed by atoms with Crippen LogP contribution >= 0.6 is 0 Å². The lowest BCUT2D eigenvalue weighted by atomic mass is 10.2. The molecule has 0 fully saturated rings. The average molecular weight is 241 g/mol. The summed E-state index contributed by atoms with van der Waals surface area (Å²) in [4.78, 5) is 4.55. The van der Waals surface area contributed by atoms with E-state index in [2.05, 4.69) is 27.7 Å². The highest BCUT2D eigenvalue weighted by molar-refractivity contribution is 5.83. The molecular formula is C14H15N3O. The third kappa shape index (κ3) is 1.71. The molecule has 0 saturated heterocycles. The van der Waals surface area contributed by atoms with E-state index in [4.69, 9.17) is 10.5 Å². The fourth-order valence-corrected chi connectivity index (χ4v) is 2.20. The molecule has 4 heteroatoms. The monoisotopic (exact) mass is 241 g/mol. The number of methoxy groups -OCH3 is 1. The second-order valence-corrected chi connectivity index (χ2v) is 4.26. The molecule has 0 radical (unpaired) electrons. The molecule has 2 N–H and O–H groups in total. The van der Waals surface area contributed by atoms with Crippen molar-refractivity contribution >= 4 is 16.6 Å². The van der Waals surface area contributed by atoms with Crippen LogP contribution in [0.4, 0.5) is 0 Å². The quantitative estimate of drug-likeness (QED) is 0.763. The van der Waals surface area contributed by atoms with Crippen LogP contribution in [0.1, 0.15) is 5.69 Å². The molecule has 3 rings (SSSR count). The van der Waals surface area contributed by atoms with Crippen molar-refractivity contribution in [1.29, 1.82) is 0 Å². The predicted octanol–water partition coefficient (Wildman–Crippen LogP) is 2.00. The standard InChI is InChI=1S/C14H15N3O/c1-18-12-3-4-13-10(8-12)2-5-14-16-11(6-7-15)9-17(13)14/h2-5,8-9H,6-7,15H2,1H3. The van der Waals surface area contributed by atoms with Crippen molar-refractivity contribution in [2.45, 2.75) is 6.42 Å². The molecule has 0 bridgehead atoms. The van der Waals surface area contributed by atoms with Gasteiger partial charge in [-0.05, 0) is 36.9 Å². The summed E-state index contributed by atoms with van der Waals surface area (Å²) >= 11 is 0. The van der Waals surface area contributed by atoms with Crippen LogP contribution in [0.5, 0.6) is 5.75 Å². The molecule has 3 aromatic rings. The summed E-state index contributed by atoms with van der Waals surface area (Å²) < 4.78 is 7.33. The van der Waals surface area contributed by atoms with Crippen molar-refractivity contribution in [1.82, 2.24) is 9.38 Å². The van der Waals surface area contributed by atoms with Gasteiger partial charge in [0.1, 0.15) is 11.4 Å². The van der Waals surface area contributed by atoms with E-state index in [-0.39, 0.29) is 0 Å². The van der Waals surface area contributed by atoms with Crippen molar-refractivity contribution in [3.8, 4) is 5.75 Å². The molecule has 0 aliphatic heterocycles. The van der Waals surface area contributed by atoms with Crippen LogP contribution < -0.4 is 10.5 Å². The number of imidazole rings is 1. The minimum atomic E-state index is 0.621. The highest BCUT2D eigenvalue weighted by Gasteiger charge is 2.05. The molecule has 0 amide bonds. The molecule has 18 heavy (non-hydrogen) atoms. The minimum absolute atomic E-state index is 0.621. The van der Waals surface area contributed by atoms with E-state index >= 15 is 0 Å². The van der Waals surface area contributed by atoms with E-state index in [0.29, 0.717) is 6.54 Å². The Morgan fingerprint density at radius 2 is 2.17 bits per heavy atom. The Morgan fingerprint density at radius 3 is 2.94 bits per heavy atom. The van der Waals surface area contributed by atoms with Gasteiger partial charge in [0, 0.05) is 18.0 Å². The van der Waals surface area contributed by atoms with Crippen molar-refractivity contribution < 1.29 is 4.74 Å². The first-order chi connectivity index (χ1) is 8.81. The van der Waals surface area contributed by atoms with Crippen LogP contribution in [0.2, 0.25) is 0 Å². The van der Waals surface area contributed by atoms with Crippen LogP contribution in [0.25, 0.3) is 16.6 Å². The molecule has 2 heterocycles. The van der Waals surface area contributed by atoms with Crippen molar-refractivity contribution in [3.05, 3.63) is 42.2 Å². The number of nitrogens with zero attached hydrogens (tertiary/aromatic N) is 2. The molecule has 2 aromatic heterocycles. The number of benzene rings is 1. The molecule has 1 aromatic carbocycles. The van der Waals surface area contributed by atoms with E-state index in [9.17, 15) is 0 Å². The number of fused-ring (bicyclic) bond motifs is 3. The fraction of sp³-hybridized carbons (Fsp3) is 0.214. The maximum Gasteiger partial charge on any atom is 0.137 e. The Morgan fingerprint density at radius 1 is 1.28 bits per heavy atom. The SMILES string of the molecule is COc1ccc2c(ccc3nc(CCN)cn32)c1. The van der Waals surface area contributed by atoms with Gasteiger partial charge in [0.05, 0.1) is 18.3 Å². The summed E-state index contributed by atoms with van der Waals surface area (Å²) in [5.41, 5.74) is 8.68. The van der Waals surface area contributed by atoms with Crippen molar-refractivity contribution in [2.75, 3.05) is 13.7 Å².